The number of hydrogen-bond acceptors (Lipinski definition) is 6. The normalized spacial score (nSPS) is 10.8. The van der Waals surface area contributed by atoms with Gasteiger partial charge in [-0.3, -0.25) is 14.4 Å². The first-order chi connectivity index (χ1) is 12.0. The molecule has 25 heavy (non-hydrogen) atoms. The van der Waals surface area contributed by atoms with Gasteiger partial charge in [0.15, 0.2) is 5.13 Å². The molecule has 132 valence electrons. The van der Waals surface area contributed by atoms with Crippen molar-refractivity contribution in [1.29, 1.82) is 0 Å². The van der Waals surface area contributed by atoms with Crippen LogP contribution in [-0.4, -0.2) is 39.8 Å². The maximum atomic E-state index is 12.5. The summed E-state index contributed by atoms with van der Waals surface area (Å²) >= 11 is 1.13. The fourth-order valence-corrected chi connectivity index (χ4v) is 3.03. The van der Waals surface area contributed by atoms with Crippen molar-refractivity contribution in [2.45, 2.75) is 13.8 Å². The van der Waals surface area contributed by atoms with Gasteiger partial charge in [-0.25, -0.2) is 9.78 Å². The zero-order valence-corrected chi connectivity index (χ0v) is 15.2. The molecule has 0 saturated carbocycles. The van der Waals surface area contributed by atoms with E-state index in [9.17, 15) is 9.59 Å². The Morgan fingerprint density at radius 3 is 2.84 bits per heavy atom. The van der Waals surface area contributed by atoms with Gasteiger partial charge in [-0.2, -0.15) is 5.10 Å². The van der Waals surface area contributed by atoms with Crippen LogP contribution < -0.4 is 4.90 Å². The maximum absolute atomic E-state index is 12.5. The van der Waals surface area contributed by atoms with Crippen molar-refractivity contribution in [1.82, 2.24) is 14.8 Å². The Balaban J connectivity index is 2.23. The van der Waals surface area contributed by atoms with Gasteiger partial charge in [-0.15, -0.1) is 6.58 Å². The second-order valence-electron chi connectivity index (χ2n) is 5.15. The summed E-state index contributed by atoms with van der Waals surface area (Å²) in [6, 6.07) is 0. The zero-order valence-electron chi connectivity index (χ0n) is 14.4. The average Bonchev–Trinajstić information content (AvgIpc) is 3.16. The highest BCUT2D eigenvalue weighted by Crippen LogP contribution is 2.27. The summed E-state index contributed by atoms with van der Waals surface area (Å²) in [5.74, 6) is -0.687. The van der Waals surface area contributed by atoms with Crippen molar-refractivity contribution >= 4 is 34.4 Å². The summed E-state index contributed by atoms with van der Waals surface area (Å²) in [6.45, 7) is 7.71. The van der Waals surface area contributed by atoms with Crippen molar-refractivity contribution in [3.63, 3.8) is 0 Å². The Bertz CT molecular complexity index is 807. The highest BCUT2D eigenvalue weighted by Gasteiger charge is 2.22. The molecule has 8 heteroatoms. The second-order valence-corrected chi connectivity index (χ2v) is 6.13. The van der Waals surface area contributed by atoms with Gasteiger partial charge in [0.25, 0.3) is 5.91 Å². The minimum Gasteiger partial charge on any atom is -0.462 e. The molecule has 0 atom stereocenters. The van der Waals surface area contributed by atoms with E-state index in [1.807, 2.05) is 0 Å². The molecule has 0 aliphatic heterocycles. The monoisotopic (exact) mass is 360 g/mol. The van der Waals surface area contributed by atoms with Crippen LogP contribution in [0.15, 0.2) is 31.1 Å². The third kappa shape index (κ3) is 4.63. The van der Waals surface area contributed by atoms with Crippen molar-refractivity contribution in [2.24, 2.45) is 7.05 Å². The molecule has 0 aliphatic rings. The largest absolute Gasteiger partial charge is 0.462 e. The molecule has 0 aromatic carbocycles. The SMILES string of the molecule is C=CCN(C(=O)/C=C/c1cnn(C)c1)c1nc(C)c(C(=O)OCC)s1. The molecule has 0 N–H and O–H groups in total. The molecule has 0 bridgehead atoms. The van der Waals surface area contributed by atoms with E-state index in [4.69, 9.17) is 4.74 Å². The molecule has 0 aliphatic carbocycles. The number of esters is 1. The summed E-state index contributed by atoms with van der Waals surface area (Å²) in [5.41, 5.74) is 1.36. The molecule has 0 unspecified atom stereocenters. The number of aromatic nitrogens is 3. The lowest BCUT2D eigenvalue weighted by Crippen LogP contribution is -2.29. The highest BCUT2D eigenvalue weighted by molar-refractivity contribution is 7.17. The van der Waals surface area contributed by atoms with E-state index in [0.717, 1.165) is 16.9 Å². The molecule has 2 heterocycles. The number of ether oxygens (including phenoxy) is 1. The maximum Gasteiger partial charge on any atom is 0.350 e. The lowest BCUT2D eigenvalue weighted by molar-refractivity contribution is -0.114. The van der Waals surface area contributed by atoms with E-state index >= 15 is 0 Å². The summed E-state index contributed by atoms with van der Waals surface area (Å²) in [7, 11) is 1.80. The quantitative estimate of drug-likeness (QED) is 0.431. The molecule has 0 fully saturated rings. The number of thiazole rings is 1. The van der Waals surface area contributed by atoms with Gasteiger partial charge in [0.2, 0.25) is 0 Å². The third-order valence-corrected chi connectivity index (χ3v) is 4.36. The minimum absolute atomic E-state index is 0.257. The average molecular weight is 360 g/mol. The number of carbonyl (C=O) groups excluding carboxylic acids is 2. The van der Waals surface area contributed by atoms with Crippen molar-refractivity contribution in [2.75, 3.05) is 18.1 Å². The van der Waals surface area contributed by atoms with Crippen molar-refractivity contribution in [3.8, 4) is 0 Å². The fraction of sp³-hybridized carbons (Fsp3) is 0.294. The molecule has 2 rings (SSSR count). The fourth-order valence-electron chi connectivity index (χ4n) is 2.06. The third-order valence-electron chi connectivity index (χ3n) is 3.20. The van der Waals surface area contributed by atoms with Crippen LogP contribution in [-0.2, 0) is 16.6 Å². The van der Waals surface area contributed by atoms with Crippen LogP contribution >= 0.6 is 11.3 Å². The van der Waals surface area contributed by atoms with Gasteiger partial charge in [0.05, 0.1) is 18.5 Å². The van der Waals surface area contributed by atoms with Crippen molar-refractivity contribution < 1.29 is 14.3 Å². The first-order valence-corrected chi connectivity index (χ1v) is 8.51. The number of anilines is 1. The standard InChI is InChI=1S/C17H20N4O3S/c1-5-9-21(14(22)8-7-13-10-18-20(4)11-13)17-19-12(3)15(25-17)16(23)24-6-2/h5,7-8,10-11H,1,6,9H2,2-4H3/b8-7+. The molecule has 0 saturated heterocycles. The molecule has 1 amide bonds. The summed E-state index contributed by atoms with van der Waals surface area (Å²) in [5, 5.41) is 4.48. The number of hydrogen-bond donors (Lipinski definition) is 0. The first kappa shape index (κ1) is 18.6. The van der Waals surface area contributed by atoms with Crippen LogP contribution in [0.1, 0.15) is 27.9 Å². The van der Waals surface area contributed by atoms with Gasteiger partial charge < -0.3 is 4.74 Å². The first-order valence-electron chi connectivity index (χ1n) is 7.70. The van der Waals surface area contributed by atoms with E-state index in [-0.39, 0.29) is 19.1 Å². The summed E-state index contributed by atoms with van der Waals surface area (Å²) in [6.07, 6.45) is 8.19. The highest BCUT2D eigenvalue weighted by atomic mass is 32.1. The minimum atomic E-state index is -0.430. The lowest BCUT2D eigenvalue weighted by Gasteiger charge is -2.15. The number of aryl methyl sites for hydroxylation is 2. The van der Waals surface area contributed by atoms with Gasteiger partial charge in [0, 0.05) is 31.4 Å². The molecule has 0 spiro atoms. The van der Waals surface area contributed by atoms with Crippen LogP contribution in [0.2, 0.25) is 0 Å². The van der Waals surface area contributed by atoms with E-state index in [0.29, 0.717) is 15.7 Å². The Morgan fingerprint density at radius 2 is 2.24 bits per heavy atom. The van der Waals surface area contributed by atoms with Crippen LogP contribution in [0.5, 0.6) is 0 Å². The zero-order chi connectivity index (χ0) is 18.4. The summed E-state index contributed by atoms with van der Waals surface area (Å²) < 4.78 is 6.67. The Kier molecular flexibility index (Phi) is 6.24. The predicted octanol–water partition coefficient (Wildman–Crippen LogP) is 2.59. The van der Waals surface area contributed by atoms with Crippen LogP contribution in [0, 0.1) is 6.92 Å². The smallest absolute Gasteiger partial charge is 0.350 e. The topological polar surface area (TPSA) is 77.3 Å². The van der Waals surface area contributed by atoms with Gasteiger partial charge >= 0.3 is 5.97 Å². The Hall–Kier alpha value is -2.74. The van der Waals surface area contributed by atoms with E-state index in [2.05, 4.69) is 16.7 Å². The molecule has 7 nitrogen and oxygen atoms in total. The number of rotatable bonds is 7. The van der Waals surface area contributed by atoms with E-state index in [1.165, 1.54) is 11.0 Å². The molecule has 2 aromatic rings. The van der Waals surface area contributed by atoms with Gasteiger partial charge in [-0.1, -0.05) is 17.4 Å². The van der Waals surface area contributed by atoms with Crippen LogP contribution in [0.3, 0.4) is 0 Å². The predicted molar refractivity (Wildman–Crippen MR) is 97.6 cm³/mol. The van der Waals surface area contributed by atoms with E-state index in [1.54, 1.807) is 50.1 Å². The number of nitrogens with zero attached hydrogens (tertiary/aromatic N) is 4. The van der Waals surface area contributed by atoms with Crippen LogP contribution in [0.4, 0.5) is 5.13 Å². The molecular formula is C17H20N4O3S. The molecular weight excluding hydrogens is 340 g/mol. The lowest BCUT2D eigenvalue weighted by atomic mass is 10.3. The Labute approximate surface area is 150 Å². The summed E-state index contributed by atoms with van der Waals surface area (Å²) in [4.78, 5) is 30.7. The molecule has 0 radical (unpaired) electrons. The van der Waals surface area contributed by atoms with Crippen LogP contribution in [0.25, 0.3) is 6.08 Å². The number of amides is 1. The van der Waals surface area contributed by atoms with Crippen molar-refractivity contribution in [3.05, 3.63) is 47.3 Å². The second kappa shape index (κ2) is 8.39. The molecule has 2 aromatic heterocycles. The van der Waals surface area contributed by atoms with Gasteiger partial charge in [-0.05, 0) is 19.9 Å². The number of carbonyl (C=O) groups is 2. The Morgan fingerprint density at radius 1 is 1.48 bits per heavy atom. The van der Waals surface area contributed by atoms with E-state index < -0.39 is 5.97 Å². The van der Waals surface area contributed by atoms with Gasteiger partial charge in [0.1, 0.15) is 4.88 Å².